The standard InChI is InChI=1S/C17H24N4O4/c1-25-17(24)13-19-15(22)6-4-7-16(23)21-11-9-20(10-12-21)14-5-2-3-8-18-14/h2-3,5,8H,4,6-7,9-13H2,1H3,(H,19,22). The molecule has 0 radical (unpaired) electrons. The summed E-state index contributed by atoms with van der Waals surface area (Å²) in [6.45, 7) is 2.68. The average molecular weight is 348 g/mol. The number of carbonyl (C=O) groups excluding carboxylic acids is 3. The Hall–Kier alpha value is -2.64. The molecular formula is C17H24N4O4. The van der Waals surface area contributed by atoms with Gasteiger partial charge in [-0.1, -0.05) is 6.07 Å². The first-order valence-electron chi connectivity index (χ1n) is 8.37. The van der Waals surface area contributed by atoms with E-state index in [9.17, 15) is 14.4 Å². The summed E-state index contributed by atoms with van der Waals surface area (Å²) in [6, 6.07) is 5.79. The summed E-state index contributed by atoms with van der Waals surface area (Å²) in [7, 11) is 1.26. The molecule has 2 heterocycles. The van der Waals surface area contributed by atoms with Gasteiger partial charge in [0.1, 0.15) is 12.4 Å². The number of hydrogen-bond acceptors (Lipinski definition) is 6. The van der Waals surface area contributed by atoms with Crippen LogP contribution in [0.2, 0.25) is 0 Å². The molecule has 136 valence electrons. The van der Waals surface area contributed by atoms with Gasteiger partial charge in [-0.3, -0.25) is 14.4 Å². The Morgan fingerprint density at radius 2 is 1.92 bits per heavy atom. The van der Waals surface area contributed by atoms with Crippen molar-refractivity contribution in [2.75, 3.05) is 44.7 Å². The molecule has 1 aromatic rings. The second-order valence-electron chi connectivity index (χ2n) is 5.76. The number of nitrogens with one attached hydrogen (secondary N) is 1. The number of esters is 1. The largest absolute Gasteiger partial charge is 0.468 e. The number of nitrogens with zero attached hydrogens (tertiary/aromatic N) is 3. The first kappa shape index (κ1) is 18.7. The lowest BCUT2D eigenvalue weighted by Crippen LogP contribution is -2.49. The molecule has 25 heavy (non-hydrogen) atoms. The maximum Gasteiger partial charge on any atom is 0.325 e. The maximum atomic E-state index is 12.2. The summed E-state index contributed by atoms with van der Waals surface area (Å²) < 4.78 is 4.44. The molecular weight excluding hydrogens is 324 g/mol. The minimum absolute atomic E-state index is 0.0569. The topological polar surface area (TPSA) is 91.8 Å². The lowest BCUT2D eigenvalue weighted by molar-refractivity contribution is -0.141. The molecule has 8 nitrogen and oxygen atoms in total. The third-order valence-corrected chi connectivity index (χ3v) is 4.06. The summed E-state index contributed by atoms with van der Waals surface area (Å²) in [6.07, 6.45) is 2.77. The van der Waals surface area contributed by atoms with Crippen LogP contribution in [0.3, 0.4) is 0 Å². The van der Waals surface area contributed by atoms with Crippen molar-refractivity contribution in [1.82, 2.24) is 15.2 Å². The van der Waals surface area contributed by atoms with Gasteiger partial charge in [0.05, 0.1) is 7.11 Å². The van der Waals surface area contributed by atoms with Crippen LogP contribution in [0.1, 0.15) is 19.3 Å². The summed E-state index contributed by atoms with van der Waals surface area (Å²) >= 11 is 0. The Bertz CT molecular complexity index is 586. The van der Waals surface area contributed by atoms with Crippen molar-refractivity contribution < 1.29 is 19.1 Å². The molecule has 0 spiro atoms. The summed E-state index contributed by atoms with van der Waals surface area (Å²) in [5, 5.41) is 2.46. The Balaban J connectivity index is 1.64. The highest BCUT2D eigenvalue weighted by Crippen LogP contribution is 2.13. The highest BCUT2D eigenvalue weighted by atomic mass is 16.5. The smallest absolute Gasteiger partial charge is 0.325 e. The van der Waals surface area contributed by atoms with Crippen LogP contribution in [0.25, 0.3) is 0 Å². The van der Waals surface area contributed by atoms with Gasteiger partial charge in [-0.25, -0.2) is 4.98 Å². The fourth-order valence-corrected chi connectivity index (χ4v) is 2.62. The Labute approximate surface area is 147 Å². The molecule has 1 saturated heterocycles. The number of pyridine rings is 1. The number of methoxy groups -OCH3 is 1. The highest BCUT2D eigenvalue weighted by Gasteiger charge is 2.21. The van der Waals surface area contributed by atoms with Gasteiger partial charge in [0.25, 0.3) is 0 Å². The number of carbonyl (C=O) groups is 3. The first-order chi connectivity index (χ1) is 12.1. The Morgan fingerprint density at radius 1 is 1.16 bits per heavy atom. The number of anilines is 1. The number of piperazine rings is 1. The van der Waals surface area contributed by atoms with Gasteiger partial charge >= 0.3 is 5.97 Å². The van der Waals surface area contributed by atoms with Gasteiger partial charge in [0, 0.05) is 45.2 Å². The molecule has 0 aromatic carbocycles. The van der Waals surface area contributed by atoms with Gasteiger partial charge in [-0.15, -0.1) is 0 Å². The summed E-state index contributed by atoms with van der Waals surface area (Å²) in [5.74, 6) is 0.242. The quantitative estimate of drug-likeness (QED) is 0.707. The molecule has 8 heteroatoms. The molecule has 0 bridgehead atoms. The Kier molecular flexibility index (Phi) is 7.18. The first-order valence-corrected chi connectivity index (χ1v) is 8.37. The lowest BCUT2D eigenvalue weighted by Gasteiger charge is -2.35. The molecule has 0 unspecified atom stereocenters. The van der Waals surface area contributed by atoms with Crippen molar-refractivity contribution in [3.63, 3.8) is 0 Å². The number of amides is 2. The van der Waals surface area contributed by atoms with E-state index >= 15 is 0 Å². The molecule has 1 aromatic heterocycles. The van der Waals surface area contributed by atoms with E-state index in [0.717, 1.165) is 18.9 Å². The summed E-state index contributed by atoms with van der Waals surface area (Å²) in [4.78, 5) is 43.0. The SMILES string of the molecule is COC(=O)CNC(=O)CCCC(=O)N1CCN(c2ccccn2)CC1. The zero-order valence-corrected chi connectivity index (χ0v) is 14.4. The van der Waals surface area contributed by atoms with Gasteiger partial charge < -0.3 is 19.9 Å². The second-order valence-corrected chi connectivity index (χ2v) is 5.76. The van der Waals surface area contributed by atoms with Crippen molar-refractivity contribution in [1.29, 1.82) is 0 Å². The van der Waals surface area contributed by atoms with E-state index < -0.39 is 5.97 Å². The van der Waals surface area contributed by atoms with E-state index in [1.807, 2.05) is 23.1 Å². The average Bonchev–Trinajstić information content (AvgIpc) is 2.66. The number of rotatable bonds is 7. The minimum atomic E-state index is -0.491. The van der Waals surface area contributed by atoms with Gasteiger partial charge in [0.2, 0.25) is 11.8 Å². The van der Waals surface area contributed by atoms with Crippen molar-refractivity contribution >= 4 is 23.6 Å². The van der Waals surface area contributed by atoms with E-state index in [-0.39, 0.29) is 24.8 Å². The minimum Gasteiger partial charge on any atom is -0.468 e. The summed E-state index contributed by atoms with van der Waals surface area (Å²) in [5.41, 5.74) is 0. The molecule has 0 aliphatic carbocycles. The van der Waals surface area contributed by atoms with Crippen LogP contribution >= 0.6 is 0 Å². The molecule has 1 N–H and O–H groups in total. The molecule has 2 amide bonds. The van der Waals surface area contributed by atoms with E-state index in [2.05, 4.69) is 19.9 Å². The number of hydrogen-bond donors (Lipinski definition) is 1. The van der Waals surface area contributed by atoms with E-state index in [0.29, 0.717) is 25.9 Å². The number of aromatic nitrogens is 1. The fourth-order valence-electron chi connectivity index (χ4n) is 2.62. The van der Waals surface area contributed by atoms with Crippen molar-refractivity contribution in [2.45, 2.75) is 19.3 Å². The number of ether oxygens (including phenoxy) is 1. The van der Waals surface area contributed by atoms with Crippen LogP contribution in [0.5, 0.6) is 0 Å². The predicted molar refractivity (Wildman–Crippen MR) is 91.9 cm³/mol. The zero-order chi connectivity index (χ0) is 18.1. The van der Waals surface area contributed by atoms with Gasteiger partial charge in [0.15, 0.2) is 0 Å². The van der Waals surface area contributed by atoms with Gasteiger partial charge in [-0.05, 0) is 18.6 Å². The fraction of sp³-hybridized carbons (Fsp3) is 0.529. The van der Waals surface area contributed by atoms with Crippen molar-refractivity contribution in [2.24, 2.45) is 0 Å². The van der Waals surface area contributed by atoms with Crippen LogP contribution in [-0.2, 0) is 19.1 Å². The van der Waals surface area contributed by atoms with E-state index in [4.69, 9.17) is 0 Å². The normalized spacial score (nSPS) is 14.1. The molecule has 0 saturated carbocycles. The molecule has 2 rings (SSSR count). The van der Waals surface area contributed by atoms with Crippen LogP contribution in [-0.4, -0.2) is 67.5 Å². The predicted octanol–water partition coefficient (Wildman–Crippen LogP) is 0.190. The second kappa shape index (κ2) is 9.61. The van der Waals surface area contributed by atoms with Crippen LogP contribution < -0.4 is 10.2 Å². The molecule has 1 aliphatic heterocycles. The molecule has 0 atom stereocenters. The van der Waals surface area contributed by atoms with Crippen molar-refractivity contribution in [3.8, 4) is 0 Å². The third-order valence-electron chi connectivity index (χ3n) is 4.06. The Morgan fingerprint density at radius 3 is 2.56 bits per heavy atom. The van der Waals surface area contributed by atoms with Gasteiger partial charge in [-0.2, -0.15) is 0 Å². The third kappa shape index (κ3) is 6.06. The van der Waals surface area contributed by atoms with Crippen LogP contribution in [0.15, 0.2) is 24.4 Å². The zero-order valence-electron chi connectivity index (χ0n) is 14.4. The van der Waals surface area contributed by atoms with Crippen LogP contribution in [0.4, 0.5) is 5.82 Å². The monoisotopic (exact) mass is 348 g/mol. The van der Waals surface area contributed by atoms with Crippen molar-refractivity contribution in [3.05, 3.63) is 24.4 Å². The van der Waals surface area contributed by atoms with Crippen LogP contribution in [0, 0.1) is 0 Å². The highest BCUT2D eigenvalue weighted by molar-refractivity contribution is 5.82. The molecule has 1 fully saturated rings. The lowest BCUT2D eigenvalue weighted by atomic mass is 10.2. The maximum absolute atomic E-state index is 12.2. The molecule has 1 aliphatic rings. The van der Waals surface area contributed by atoms with E-state index in [1.54, 1.807) is 6.20 Å². The van der Waals surface area contributed by atoms with E-state index in [1.165, 1.54) is 7.11 Å².